The SMILES string of the molecule is Clc1ccc([C@@H]2Oc3ccccc3C3=C2[C@@H](c2cccnc2)n2ncnc2N3)c(Cl)c1. The van der Waals surface area contributed by atoms with E-state index in [4.69, 9.17) is 27.9 Å². The second kappa shape index (κ2) is 7.11. The van der Waals surface area contributed by atoms with Gasteiger partial charge in [-0.25, -0.2) is 4.68 Å². The number of nitrogens with zero attached hydrogens (tertiary/aromatic N) is 4. The molecule has 1 N–H and O–H groups in total. The molecular weight excluding hydrogens is 433 g/mol. The van der Waals surface area contributed by atoms with Crippen LogP contribution in [0.5, 0.6) is 5.75 Å². The van der Waals surface area contributed by atoms with Crippen molar-refractivity contribution in [2.24, 2.45) is 0 Å². The predicted octanol–water partition coefficient (Wildman–Crippen LogP) is 5.54. The summed E-state index contributed by atoms with van der Waals surface area (Å²) in [5.41, 5.74) is 4.68. The lowest BCUT2D eigenvalue weighted by Crippen LogP contribution is -2.32. The summed E-state index contributed by atoms with van der Waals surface area (Å²) in [5, 5.41) is 9.07. The lowest BCUT2D eigenvalue weighted by molar-refractivity contribution is 0.223. The predicted molar refractivity (Wildman–Crippen MR) is 119 cm³/mol. The van der Waals surface area contributed by atoms with Crippen LogP contribution in [-0.2, 0) is 0 Å². The van der Waals surface area contributed by atoms with Crippen LogP contribution in [0, 0.1) is 0 Å². The van der Waals surface area contributed by atoms with Crippen molar-refractivity contribution in [1.82, 2.24) is 19.7 Å². The zero-order valence-electron chi connectivity index (χ0n) is 16.0. The van der Waals surface area contributed by atoms with E-state index in [1.807, 2.05) is 59.4 Å². The quantitative estimate of drug-likeness (QED) is 0.436. The Kier molecular flexibility index (Phi) is 4.23. The maximum absolute atomic E-state index is 6.64. The zero-order valence-corrected chi connectivity index (χ0v) is 17.5. The van der Waals surface area contributed by atoms with Gasteiger partial charge in [0.2, 0.25) is 5.95 Å². The van der Waals surface area contributed by atoms with Gasteiger partial charge in [0, 0.05) is 39.1 Å². The summed E-state index contributed by atoms with van der Waals surface area (Å²) in [5.74, 6) is 1.42. The average Bonchev–Trinajstić information content (AvgIpc) is 3.26. The van der Waals surface area contributed by atoms with E-state index in [1.54, 1.807) is 18.6 Å². The molecule has 0 fully saturated rings. The minimum absolute atomic E-state index is 0.271. The van der Waals surface area contributed by atoms with Gasteiger partial charge in [-0.3, -0.25) is 4.98 Å². The Balaban J connectivity index is 1.65. The third kappa shape index (κ3) is 2.91. The minimum Gasteiger partial charge on any atom is -0.480 e. The number of para-hydroxylation sites is 1. The molecular formula is C23H15Cl2N5O. The Labute approximate surface area is 188 Å². The van der Waals surface area contributed by atoms with Gasteiger partial charge in [0.05, 0.1) is 5.70 Å². The Morgan fingerprint density at radius 3 is 2.77 bits per heavy atom. The van der Waals surface area contributed by atoms with Gasteiger partial charge in [-0.1, -0.05) is 47.5 Å². The molecule has 0 saturated carbocycles. The Morgan fingerprint density at radius 2 is 1.94 bits per heavy atom. The van der Waals surface area contributed by atoms with E-state index in [9.17, 15) is 0 Å². The first-order valence-corrected chi connectivity index (χ1v) is 10.5. The molecule has 6 rings (SSSR count). The summed E-state index contributed by atoms with van der Waals surface area (Å²) in [7, 11) is 0. The number of hydrogen-bond acceptors (Lipinski definition) is 5. The minimum atomic E-state index is -0.454. The highest BCUT2D eigenvalue weighted by Crippen LogP contribution is 2.51. The molecule has 4 heterocycles. The largest absolute Gasteiger partial charge is 0.480 e. The van der Waals surface area contributed by atoms with Crippen LogP contribution in [0.1, 0.15) is 28.8 Å². The molecule has 2 aromatic carbocycles. The van der Waals surface area contributed by atoms with E-state index < -0.39 is 6.10 Å². The van der Waals surface area contributed by atoms with Gasteiger partial charge in [0.15, 0.2) is 6.10 Å². The number of pyridine rings is 1. The van der Waals surface area contributed by atoms with E-state index in [2.05, 4.69) is 20.4 Å². The fourth-order valence-electron chi connectivity index (χ4n) is 4.25. The lowest BCUT2D eigenvalue weighted by Gasteiger charge is -2.39. The van der Waals surface area contributed by atoms with E-state index in [-0.39, 0.29) is 6.04 Å². The van der Waals surface area contributed by atoms with Crippen LogP contribution in [0.3, 0.4) is 0 Å². The van der Waals surface area contributed by atoms with Crippen molar-refractivity contribution in [1.29, 1.82) is 0 Å². The normalized spacial score (nSPS) is 19.0. The molecule has 0 bridgehead atoms. The maximum atomic E-state index is 6.64. The topological polar surface area (TPSA) is 64.9 Å². The number of anilines is 1. The van der Waals surface area contributed by atoms with Gasteiger partial charge in [0.25, 0.3) is 0 Å². The molecule has 0 saturated heterocycles. The van der Waals surface area contributed by atoms with Gasteiger partial charge < -0.3 is 10.1 Å². The summed E-state index contributed by atoms with van der Waals surface area (Å²) in [4.78, 5) is 8.76. The standard InChI is InChI=1S/C23H15Cl2N5O/c24-14-7-8-15(17(25)10-14)22-19-20(16-5-1-2-6-18(16)31-22)29-23-27-12-28-30(23)21(19)13-4-3-9-26-11-13/h1-12,21-22H,(H,27,28,29)/t21-,22+/m1/s1. The van der Waals surface area contributed by atoms with Crippen molar-refractivity contribution in [3.8, 4) is 5.75 Å². The highest BCUT2D eigenvalue weighted by atomic mass is 35.5. The van der Waals surface area contributed by atoms with E-state index >= 15 is 0 Å². The molecule has 0 amide bonds. The van der Waals surface area contributed by atoms with Gasteiger partial charge in [0.1, 0.15) is 18.1 Å². The van der Waals surface area contributed by atoms with Crippen LogP contribution in [0.15, 0.2) is 78.9 Å². The molecule has 8 heteroatoms. The monoisotopic (exact) mass is 447 g/mol. The number of ether oxygens (including phenoxy) is 1. The number of hydrogen-bond donors (Lipinski definition) is 1. The fraction of sp³-hybridized carbons (Fsp3) is 0.0870. The van der Waals surface area contributed by atoms with Crippen molar-refractivity contribution in [3.63, 3.8) is 0 Å². The van der Waals surface area contributed by atoms with Crippen LogP contribution >= 0.6 is 23.2 Å². The molecule has 0 spiro atoms. The first kappa shape index (κ1) is 18.4. The average molecular weight is 448 g/mol. The lowest BCUT2D eigenvalue weighted by atomic mass is 9.85. The first-order valence-electron chi connectivity index (χ1n) is 9.72. The molecule has 2 aromatic heterocycles. The van der Waals surface area contributed by atoms with Gasteiger partial charge in [-0.05, 0) is 35.9 Å². The highest BCUT2D eigenvalue weighted by Gasteiger charge is 2.41. The zero-order chi connectivity index (χ0) is 20.9. The molecule has 2 atom stereocenters. The number of benzene rings is 2. The Hall–Kier alpha value is -3.35. The molecule has 31 heavy (non-hydrogen) atoms. The number of rotatable bonds is 2. The van der Waals surface area contributed by atoms with Crippen molar-refractivity contribution in [3.05, 3.63) is 106 Å². The van der Waals surface area contributed by atoms with Crippen LogP contribution < -0.4 is 10.1 Å². The summed E-state index contributed by atoms with van der Waals surface area (Å²) < 4.78 is 8.40. The molecule has 6 nitrogen and oxygen atoms in total. The second-order valence-electron chi connectivity index (χ2n) is 7.33. The van der Waals surface area contributed by atoms with Gasteiger partial charge >= 0.3 is 0 Å². The Bertz CT molecular complexity index is 1330. The maximum Gasteiger partial charge on any atom is 0.226 e. The molecule has 0 radical (unpaired) electrons. The molecule has 0 unspecified atom stereocenters. The van der Waals surface area contributed by atoms with Crippen molar-refractivity contribution in [2.75, 3.05) is 5.32 Å². The van der Waals surface area contributed by atoms with Crippen molar-refractivity contribution < 1.29 is 4.74 Å². The third-order valence-electron chi connectivity index (χ3n) is 5.57. The van der Waals surface area contributed by atoms with Crippen LogP contribution in [-0.4, -0.2) is 19.7 Å². The van der Waals surface area contributed by atoms with Gasteiger partial charge in [-0.2, -0.15) is 10.1 Å². The van der Waals surface area contributed by atoms with Gasteiger partial charge in [-0.15, -0.1) is 0 Å². The molecule has 2 aliphatic heterocycles. The number of halogens is 2. The summed E-state index contributed by atoms with van der Waals surface area (Å²) in [6.45, 7) is 0. The molecule has 152 valence electrons. The van der Waals surface area contributed by atoms with Crippen LogP contribution in [0.2, 0.25) is 10.0 Å². The third-order valence-corrected chi connectivity index (χ3v) is 6.13. The molecule has 2 aliphatic rings. The van der Waals surface area contributed by atoms with Crippen LogP contribution in [0.25, 0.3) is 5.70 Å². The second-order valence-corrected chi connectivity index (χ2v) is 8.18. The van der Waals surface area contributed by atoms with E-state index in [0.29, 0.717) is 16.0 Å². The van der Waals surface area contributed by atoms with Crippen molar-refractivity contribution in [2.45, 2.75) is 12.1 Å². The number of aromatic nitrogens is 4. The van der Waals surface area contributed by atoms with Crippen molar-refractivity contribution >= 4 is 34.8 Å². The number of nitrogens with one attached hydrogen (secondary N) is 1. The number of fused-ring (bicyclic) bond motifs is 3. The molecule has 0 aliphatic carbocycles. The summed E-state index contributed by atoms with van der Waals surface area (Å²) in [6.07, 6.45) is 4.68. The summed E-state index contributed by atoms with van der Waals surface area (Å²) >= 11 is 12.8. The molecule has 4 aromatic rings. The van der Waals surface area contributed by atoms with E-state index in [0.717, 1.165) is 33.7 Å². The smallest absolute Gasteiger partial charge is 0.226 e. The van der Waals surface area contributed by atoms with Crippen LogP contribution in [0.4, 0.5) is 5.95 Å². The summed E-state index contributed by atoms with van der Waals surface area (Å²) in [6, 6.07) is 17.1. The highest BCUT2D eigenvalue weighted by molar-refractivity contribution is 6.35. The Morgan fingerprint density at radius 1 is 1.03 bits per heavy atom. The first-order chi connectivity index (χ1) is 15.2. The van der Waals surface area contributed by atoms with E-state index in [1.165, 1.54) is 0 Å². The fourth-order valence-corrected chi connectivity index (χ4v) is 4.76.